The fraction of sp³-hybridized carbons (Fsp3) is 0.647. The normalized spacial score (nSPS) is 35.2. The van der Waals surface area contributed by atoms with Crippen molar-refractivity contribution >= 4 is 5.91 Å². The molecule has 2 heterocycles. The van der Waals surface area contributed by atoms with Crippen molar-refractivity contribution in [1.82, 2.24) is 10.3 Å². The zero-order chi connectivity index (χ0) is 14.2. The van der Waals surface area contributed by atoms with Gasteiger partial charge in [-0.2, -0.15) is 0 Å². The lowest BCUT2D eigenvalue weighted by atomic mass is 9.61. The summed E-state index contributed by atoms with van der Waals surface area (Å²) in [6.45, 7) is 0.859. The highest BCUT2D eigenvalue weighted by Gasteiger charge is 2.56. The van der Waals surface area contributed by atoms with Crippen LogP contribution in [0.3, 0.4) is 0 Å². The summed E-state index contributed by atoms with van der Waals surface area (Å²) in [6.07, 6.45) is 10.1. The molecule has 3 aliphatic rings. The summed E-state index contributed by atoms with van der Waals surface area (Å²) < 4.78 is 5.93. The number of hydrogen-bond donors (Lipinski definition) is 1. The molecule has 4 rings (SSSR count). The number of carbonyl (C=O) groups excluding carboxylic acids is 1. The molecule has 1 aromatic heterocycles. The van der Waals surface area contributed by atoms with E-state index < -0.39 is 0 Å². The number of ether oxygens (including phenoxy) is 1. The Morgan fingerprint density at radius 2 is 2.14 bits per heavy atom. The molecule has 0 bridgehead atoms. The lowest BCUT2D eigenvalue weighted by molar-refractivity contribution is -0.0784. The zero-order valence-electron chi connectivity index (χ0n) is 12.2. The van der Waals surface area contributed by atoms with Gasteiger partial charge in [0, 0.05) is 36.9 Å². The summed E-state index contributed by atoms with van der Waals surface area (Å²) in [4.78, 5) is 16.4. The molecule has 2 aliphatic carbocycles. The second-order valence-corrected chi connectivity index (χ2v) is 6.65. The standard InChI is InChI=1S/C17H22N2O2/c20-17(12-6-3-8-18-10-12)19-15-13-7-9-21-16(13)14(15)11-4-1-2-5-11/h3,6,8,10-11,13-16H,1-2,4-5,7,9H2,(H,19,20)/t13-,14+,15+,16-/m1/s1. The summed E-state index contributed by atoms with van der Waals surface area (Å²) in [7, 11) is 0. The molecular formula is C17H22N2O2. The molecule has 4 atom stereocenters. The summed E-state index contributed by atoms with van der Waals surface area (Å²) in [6, 6.07) is 3.94. The van der Waals surface area contributed by atoms with Gasteiger partial charge in [0.2, 0.25) is 0 Å². The molecule has 4 nitrogen and oxygen atoms in total. The minimum absolute atomic E-state index is 0.0152. The number of carbonyl (C=O) groups is 1. The molecule has 0 spiro atoms. The quantitative estimate of drug-likeness (QED) is 0.928. The Bertz CT molecular complexity index is 508. The maximum atomic E-state index is 12.4. The topological polar surface area (TPSA) is 51.2 Å². The number of nitrogens with zero attached hydrogens (tertiary/aromatic N) is 1. The van der Waals surface area contributed by atoms with Gasteiger partial charge in [-0.1, -0.05) is 25.7 Å². The molecule has 112 valence electrons. The van der Waals surface area contributed by atoms with Crippen LogP contribution in [0.4, 0.5) is 0 Å². The van der Waals surface area contributed by atoms with Crippen molar-refractivity contribution in [1.29, 1.82) is 0 Å². The Morgan fingerprint density at radius 1 is 1.29 bits per heavy atom. The van der Waals surface area contributed by atoms with Crippen molar-refractivity contribution in [2.24, 2.45) is 17.8 Å². The molecule has 0 aromatic carbocycles. The Hall–Kier alpha value is -1.42. The van der Waals surface area contributed by atoms with E-state index in [0.717, 1.165) is 18.9 Å². The minimum Gasteiger partial charge on any atom is -0.377 e. The second kappa shape index (κ2) is 5.41. The summed E-state index contributed by atoms with van der Waals surface area (Å²) in [5, 5.41) is 3.27. The van der Waals surface area contributed by atoms with Crippen molar-refractivity contribution in [3.63, 3.8) is 0 Å². The van der Waals surface area contributed by atoms with Crippen molar-refractivity contribution in [2.45, 2.75) is 44.2 Å². The van der Waals surface area contributed by atoms with E-state index >= 15 is 0 Å². The van der Waals surface area contributed by atoms with Crippen molar-refractivity contribution < 1.29 is 9.53 Å². The second-order valence-electron chi connectivity index (χ2n) is 6.65. The summed E-state index contributed by atoms with van der Waals surface area (Å²) in [5.41, 5.74) is 0.657. The van der Waals surface area contributed by atoms with E-state index in [0.29, 0.717) is 29.5 Å². The van der Waals surface area contributed by atoms with E-state index in [-0.39, 0.29) is 5.91 Å². The highest BCUT2D eigenvalue weighted by Crippen LogP contribution is 2.51. The average Bonchev–Trinajstić information content (AvgIpc) is 3.16. The van der Waals surface area contributed by atoms with Crippen LogP contribution in [0.2, 0.25) is 0 Å². The fourth-order valence-corrected chi connectivity index (χ4v) is 4.59. The Labute approximate surface area is 125 Å². The zero-order valence-corrected chi connectivity index (χ0v) is 12.2. The number of nitrogens with one attached hydrogen (secondary N) is 1. The molecule has 1 N–H and O–H groups in total. The number of amides is 1. The molecule has 1 aromatic rings. The van der Waals surface area contributed by atoms with Crippen molar-refractivity contribution in [3.8, 4) is 0 Å². The smallest absolute Gasteiger partial charge is 0.253 e. The van der Waals surface area contributed by atoms with E-state index in [1.807, 2.05) is 12.1 Å². The van der Waals surface area contributed by atoms with Crippen molar-refractivity contribution in [3.05, 3.63) is 30.1 Å². The number of pyridine rings is 1. The van der Waals surface area contributed by atoms with E-state index in [1.54, 1.807) is 12.4 Å². The third-order valence-corrected chi connectivity index (χ3v) is 5.60. The van der Waals surface area contributed by atoms with Crippen molar-refractivity contribution in [2.75, 3.05) is 6.61 Å². The molecule has 2 saturated carbocycles. The van der Waals surface area contributed by atoms with Gasteiger partial charge in [-0.25, -0.2) is 0 Å². The van der Waals surface area contributed by atoms with Crippen LogP contribution >= 0.6 is 0 Å². The molecule has 0 unspecified atom stereocenters. The van der Waals surface area contributed by atoms with Crippen LogP contribution in [0.5, 0.6) is 0 Å². The number of hydrogen-bond acceptors (Lipinski definition) is 3. The SMILES string of the molecule is O=C(N[C@H]1[C@H]2CCO[C@H]2[C@H]1C1CCCC1)c1cccnc1. The highest BCUT2D eigenvalue weighted by molar-refractivity contribution is 5.94. The van der Waals surface area contributed by atoms with Gasteiger partial charge in [-0.15, -0.1) is 0 Å². The van der Waals surface area contributed by atoms with Crippen LogP contribution in [-0.4, -0.2) is 29.6 Å². The van der Waals surface area contributed by atoms with Gasteiger partial charge < -0.3 is 10.1 Å². The first-order valence-corrected chi connectivity index (χ1v) is 8.17. The summed E-state index contributed by atoms with van der Waals surface area (Å²) in [5.74, 6) is 1.81. The maximum Gasteiger partial charge on any atom is 0.253 e. The van der Waals surface area contributed by atoms with Gasteiger partial charge in [0.1, 0.15) is 0 Å². The monoisotopic (exact) mass is 286 g/mol. The minimum atomic E-state index is 0.0152. The van der Waals surface area contributed by atoms with Crippen LogP contribution in [0.1, 0.15) is 42.5 Å². The molecule has 1 aliphatic heterocycles. The average molecular weight is 286 g/mol. The lowest BCUT2D eigenvalue weighted by Crippen LogP contribution is -2.63. The molecule has 3 fully saturated rings. The van der Waals surface area contributed by atoms with Gasteiger partial charge in [0.25, 0.3) is 5.91 Å². The van der Waals surface area contributed by atoms with E-state index in [1.165, 1.54) is 25.7 Å². The molecular weight excluding hydrogens is 264 g/mol. The first kappa shape index (κ1) is 13.3. The predicted molar refractivity (Wildman–Crippen MR) is 78.8 cm³/mol. The highest BCUT2D eigenvalue weighted by atomic mass is 16.5. The number of rotatable bonds is 3. The van der Waals surface area contributed by atoms with E-state index in [9.17, 15) is 4.79 Å². The molecule has 4 heteroatoms. The number of aromatic nitrogens is 1. The Morgan fingerprint density at radius 3 is 2.90 bits per heavy atom. The van der Waals surface area contributed by atoms with E-state index in [2.05, 4.69) is 10.3 Å². The molecule has 1 saturated heterocycles. The summed E-state index contributed by atoms with van der Waals surface area (Å²) >= 11 is 0. The van der Waals surface area contributed by atoms with Gasteiger partial charge in [-0.05, 0) is 24.5 Å². The number of fused-ring (bicyclic) bond motifs is 1. The Kier molecular flexibility index (Phi) is 3.42. The first-order chi connectivity index (χ1) is 10.3. The van der Waals surface area contributed by atoms with E-state index in [4.69, 9.17) is 4.74 Å². The third kappa shape index (κ3) is 2.26. The van der Waals surface area contributed by atoms with Crippen LogP contribution in [0.15, 0.2) is 24.5 Å². The molecule has 1 amide bonds. The molecule has 0 radical (unpaired) electrons. The Balaban J connectivity index is 1.48. The fourth-order valence-electron chi connectivity index (χ4n) is 4.59. The van der Waals surface area contributed by atoms with Gasteiger partial charge in [0.05, 0.1) is 11.7 Å². The van der Waals surface area contributed by atoms with Crippen LogP contribution in [-0.2, 0) is 4.74 Å². The van der Waals surface area contributed by atoms with Gasteiger partial charge >= 0.3 is 0 Å². The van der Waals surface area contributed by atoms with Gasteiger partial charge in [-0.3, -0.25) is 9.78 Å². The lowest BCUT2D eigenvalue weighted by Gasteiger charge is -2.50. The van der Waals surface area contributed by atoms with Crippen LogP contribution in [0.25, 0.3) is 0 Å². The van der Waals surface area contributed by atoms with Crippen LogP contribution in [0, 0.1) is 17.8 Å². The predicted octanol–water partition coefficient (Wildman–Crippen LogP) is 2.41. The van der Waals surface area contributed by atoms with Gasteiger partial charge in [0.15, 0.2) is 0 Å². The van der Waals surface area contributed by atoms with Crippen LogP contribution < -0.4 is 5.32 Å². The first-order valence-electron chi connectivity index (χ1n) is 8.17. The molecule has 21 heavy (non-hydrogen) atoms. The largest absolute Gasteiger partial charge is 0.377 e. The third-order valence-electron chi connectivity index (χ3n) is 5.60. The maximum absolute atomic E-state index is 12.4.